The number of rotatable bonds is 7. The van der Waals surface area contributed by atoms with Crippen LogP contribution in [0.25, 0.3) is 0 Å². The molecule has 0 bridgehead atoms. The van der Waals surface area contributed by atoms with Crippen LogP contribution in [-0.4, -0.2) is 40.2 Å². The van der Waals surface area contributed by atoms with Gasteiger partial charge in [0, 0.05) is 13.1 Å². The van der Waals surface area contributed by atoms with Crippen LogP contribution < -0.4 is 10.1 Å². The van der Waals surface area contributed by atoms with Gasteiger partial charge in [-0.25, -0.2) is 0 Å². The third-order valence-electron chi connectivity index (χ3n) is 3.45. The van der Waals surface area contributed by atoms with Crippen molar-refractivity contribution in [1.29, 1.82) is 0 Å². The van der Waals surface area contributed by atoms with E-state index in [-0.39, 0.29) is 12.0 Å². The number of nitrogens with zero attached hydrogens (tertiary/aromatic N) is 3. The number of carbonyl (C=O) groups is 1. The number of hydrogen-bond acceptors (Lipinski definition) is 5. The summed E-state index contributed by atoms with van der Waals surface area (Å²) in [5, 5.41) is 11.3. The van der Waals surface area contributed by atoms with Gasteiger partial charge in [-0.15, -0.1) is 10.2 Å². The van der Waals surface area contributed by atoms with E-state index in [0.717, 1.165) is 11.4 Å². The summed E-state index contributed by atoms with van der Waals surface area (Å²) in [7, 11) is 0. The Morgan fingerprint density at radius 2 is 1.83 bits per heavy atom. The summed E-state index contributed by atoms with van der Waals surface area (Å²) in [4.78, 5) is 13.9. The molecular formula is C18H24N4O2. The smallest absolute Gasteiger partial charge is 0.274 e. The van der Waals surface area contributed by atoms with Gasteiger partial charge in [0.1, 0.15) is 5.75 Å². The van der Waals surface area contributed by atoms with Crippen LogP contribution in [-0.2, 0) is 0 Å². The summed E-state index contributed by atoms with van der Waals surface area (Å²) in [6.07, 6.45) is 0.0769. The molecule has 1 amide bonds. The molecule has 0 radical (unpaired) electrons. The first-order valence-electron chi connectivity index (χ1n) is 8.20. The summed E-state index contributed by atoms with van der Waals surface area (Å²) in [6, 6.07) is 11.1. The highest BCUT2D eigenvalue weighted by Gasteiger charge is 2.14. The molecule has 0 unspecified atom stereocenters. The van der Waals surface area contributed by atoms with E-state index in [2.05, 4.69) is 15.5 Å². The zero-order valence-corrected chi connectivity index (χ0v) is 14.6. The van der Waals surface area contributed by atoms with Gasteiger partial charge in [0.2, 0.25) is 0 Å². The fourth-order valence-corrected chi connectivity index (χ4v) is 2.25. The summed E-state index contributed by atoms with van der Waals surface area (Å²) >= 11 is 0. The molecule has 6 heteroatoms. The number of carbonyl (C=O) groups excluding carboxylic acids is 1. The Balaban J connectivity index is 2.14. The highest BCUT2D eigenvalue weighted by Crippen LogP contribution is 2.27. The molecule has 1 N–H and O–H groups in total. The van der Waals surface area contributed by atoms with Crippen molar-refractivity contribution in [2.24, 2.45) is 0 Å². The third-order valence-corrected chi connectivity index (χ3v) is 3.45. The van der Waals surface area contributed by atoms with Gasteiger partial charge in [-0.3, -0.25) is 4.79 Å². The molecule has 0 aliphatic heterocycles. The highest BCUT2D eigenvalue weighted by atomic mass is 16.5. The summed E-state index contributed by atoms with van der Waals surface area (Å²) in [6.45, 7) is 9.13. The van der Waals surface area contributed by atoms with E-state index in [4.69, 9.17) is 4.74 Å². The van der Waals surface area contributed by atoms with Crippen LogP contribution in [0.3, 0.4) is 0 Å². The lowest BCUT2D eigenvalue weighted by Crippen LogP contribution is -2.31. The molecule has 0 saturated heterocycles. The van der Waals surface area contributed by atoms with Crippen LogP contribution in [0.2, 0.25) is 0 Å². The van der Waals surface area contributed by atoms with Crippen LogP contribution in [0.4, 0.5) is 11.5 Å². The quantitative estimate of drug-likeness (QED) is 0.842. The molecular weight excluding hydrogens is 304 g/mol. The monoisotopic (exact) mass is 328 g/mol. The number of hydrogen-bond donors (Lipinski definition) is 1. The first-order chi connectivity index (χ1) is 11.5. The summed E-state index contributed by atoms with van der Waals surface area (Å²) in [5.41, 5.74) is 1.15. The van der Waals surface area contributed by atoms with Gasteiger partial charge in [0.05, 0.1) is 11.8 Å². The molecule has 0 spiro atoms. The molecule has 2 aromatic rings. The Morgan fingerprint density at radius 3 is 2.42 bits per heavy atom. The maximum absolute atomic E-state index is 12.2. The highest BCUT2D eigenvalue weighted by molar-refractivity contribution is 5.92. The number of nitrogens with one attached hydrogen (secondary N) is 1. The molecule has 6 nitrogen and oxygen atoms in total. The Hall–Kier alpha value is -2.63. The molecule has 1 aromatic heterocycles. The van der Waals surface area contributed by atoms with Gasteiger partial charge in [0.15, 0.2) is 11.5 Å². The predicted molar refractivity (Wildman–Crippen MR) is 94.8 cm³/mol. The second-order valence-corrected chi connectivity index (χ2v) is 5.57. The second kappa shape index (κ2) is 8.29. The van der Waals surface area contributed by atoms with Crippen LogP contribution >= 0.6 is 0 Å². The van der Waals surface area contributed by atoms with Crippen molar-refractivity contribution >= 4 is 17.4 Å². The van der Waals surface area contributed by atoms with E-state index in [1.54, 1.807) is 17.0 Å². The zero-order chi connectivity index (χ0) is 17.5. The maximum Gasteiger partial charge on any atom is 0.274 e. The van der Waals surface area contributed by atoms with E-state index in [9.17, 15) is 4.79 Å². The van der Waals surface area contributed by atoms with Gasteiger partial charge >= 0.3 is 0 Å². The minimum atomic E-state index is -0.109. The van der Waals surface area contributed by atoms with Gasteiger partial charge in [-0.05, 0) is 52.0 Å². The van der Waals surface area contributed by atoms with Crippen LogP contribution in [0.1, 0.15) is 38.2 Å². The van der Waals surface area contributed by atoms with Crippen LogP contribution in [0.15, 0.2) is 36.4 Å². The average Bonchev–Trinajstić information content (AvgIpc) is 2.58. The minimum absolute atomic E-state index is 0.0769. The Morgan fingerprint density at radius 1 is 1.12 bits per heavy atom. The lowest BCUT2D eigenvalue weighted by molar-refractivity contribution is 0.0766. The van der Waals surface area contributed by atoms with E-state index < -0.39 is 0 Å². The Kier molecular flexibility index (Phi) is 6.12. The molecule has 2 rings (SSSR count). The number of para-hydroxylation sites is 2. The van der Waals surface area contributed by atoms with Crippen molar-refractivity contribution < 1.29 is 9.53 Å². The standard InChI is InChI=1S/C18H24N4O2/c1-5-22(6-2)18(23)15-11-12-17(21-20-15)19-14-9-7-8-10-16(14)24-13(3)4/h7-13H,5-6H2,1-4H3,(H,19,21). The fraction of sp³-hybridized carbons (Fsp3) is 0.389. The van der Waals surface area contributed by atoms with Crippen molar-refractivity contribution in [2.45, 2.75) is 33.8 Å². The third kappa shape index (κ3) is 4.44. The second-order valence-electron chi connectivity index (χ2n) is 5.57. The molecule has 0 fully saturated rings. The fourth-order valence-electron chi connectivity index (χ4n) is 2.25. The number of amides is 1. The van der Waals surface area contributed by atoms with E-state index in [0.29, 0.717) is 24.6 Å². The lowest BCUT2D eigenvalue weighted by Gasteiger charge is -2.18. The van der Waals surface area contributed by atoms with Crippen molar-refractivity contribution in [3.05, 3.63) is 42.1 Å². The number of benzene rings is 1. The van der Waals surface area contributed by atoms with E-state index in [1.165, 1.54) is 0 Å². The molecule has 128 valence electrons. The zero-order valence-electron chi connectivity index (χ0n) is 14.6. The van der Waals surface area contributed by atoms with Crippen molar-refractivity contribution in [1.82, 2.24) is 15.1 Å². The van der Waals surface area contributed by atoms with E-state index in [1.807, 2.05) is 52.0 Å². The van der Waals surface area contributed by atoms with Crippen LogP contribution in [0, 0.1) is 0 Å². The number of ether oxygens (including phenoxy) is 1. The van der Waals surface area contributed by atoms with Gasteiger partial charge < -0.3 is 15.0 Å². The maximum atomic E-state index is 12.2. The van der Waals surface area contributed by atoms with Crippen molar-refractivity contribution in [3.8, 4) is 5.75 Å². The minimum Gasteiger partial charge on any atom is -0.489 e. The van der Waals surface area contributed by atoms with Gasteiger partial charge in [-0.2, -0.15) is 0 Å². The summed E-state index contributed by atoms with van der Waals surface area (Å²) < 4.78 is 5.77. The molecule has 24 heavy (non-hydrogen) atoms. The Bertz CT molecular complexity index is 667. The van der Waals surface area contributed by atoms with Crippen molar-refractivity contribution in [3.63, 3.8) is 0 Å². The molecule has 0 aliphatic rings. The molecule has 0 saturated carbocycles. The molecule has 1 aromatic carbocycles. The van der Waals surface area contributed by atoms with E-state index >= 15 is 0 Å². The average molecular weight is 328 g/mol. The first-order valence-corrected chi connectivity index (χ1v) is 8.20. The predicted octanol–water partition coefficient (Wildman–Crippen LogP) is 3.49. The van der Waals surface area contributed by atoms with Gasteiger partial charge in [-0.1, -0.05) is 12.1 Å². The number of aromatic nitrogens is 2. The lowest BCUT2D eigenvalue weighted by atomic mass is 10.2. The topological polar surface area (TPSA) is 67.4 Å². The first kappa shape index (κ1) is 17.7. The molecule has 0 atom stereocenters. The largest absolute Gasteiger partial charge is 0.489 e. The molecule has 1 heterocycles. The SMILES string of the molecule is CCN(CC)C(=O)c1ccc(Nc2ccccc2OC(C)C)nn1. The van der Waals surface area contributed by atoms with Crippen LogP contribution in [0.5, 0.6) is 5.75 Å². The Labute approximate surface area is 142 Å². The van der Waals surface area contributed by atoms with Crippen molar-refractivity contribution in [2.75, 3.05) is 18.4 Å². The summed E-state index contributed by atoms with van der Waals surface area (Å²) in [5.74, 6) is 1.20. The molecule has 0 aliphatic carbocycles. The number of anilines is 2. The normalized spacial score (nSPS) is 10.5. The van der Waals surface area contributed by atoms with Gasteiger partial charge in [0.25, 0.3) is 5.91 Å².